The van der Waals surface area contributed by atoms with Crippen molar-refractivity contribution in [3.63, 3.8) is 0 Å². The van der Waals surface area contributed by atoms with E-state index in [9.17, 15) is 18.0 Å². The van der Waals surface area contributed by atoms with Crippen LogP contribution in [-0.2, 0) is 26.0 Å². The molecule has 0 aromatic heterocycles. The van der Waals surface area contributed by atoms with Crippen LogP contribution in [0.25, 0.3) is 0 Å². The minimum Gasteiger partial charge on any atom is -0.369 e. The van der Waals surface area contributed by atoms with Gasteiger partial charge in [-0.3, -0.25) is 9.59 Å². The van der Waals surface area contributed by atoms with Gasteiger partial charge in [0, 0.05) is 18.8 Å². The summed E-state index contributed by atoms with van der Waals surface area (Å²) in [5, 5.41) is 2.83. The Bertz CT molecular complexity index is 943. The van der Waals surface area contributed by atoms with Gasteiger partial charge in [-0.25, -0.2) is 8.42 Å². The molecular formula is C20H23N3O4S. The Morgan fingerprint density at radius 2 is 1.75 bits per heavy atom. The molecule has 8 heteroatoms. The number of rotatable bonds is 6. The highest BCUT2D eigenvalue weighted by molar-refractivity contribution is 7.89. The van der Waals surface area contributed by atoms with Crippen LogP contribution in [0.1, 0.15) is 18.4 Å². The van der Waals surface area contributed by atoms with Crippen LogP contribution in [0.15, 0.2) is 59.5 Å². The minimum absolute atomic E-state index is 0.142. The second kappa shape index (κ2) is 8.53. The number of primary amides is 1. The molecule has 3 rings (SSSR count). The van der Waals surface area contributed by atoms with E-state index >= 15 is 0 Å². The van der Waals surface area contributed by atoms with E-state index in [1.807, 2.05) is 0 Å². The maximum atomic E-state index is 12.8. The number of anilines is 1. The van der Waals surface area contributed by atoms with Crippen LogP contribution < -0.4 is 11.1 Å². The number of nitrogens with zero attached hydrogens (tertiary/aromatic N) is 1. The molecule has 0 spiro atoms. The van der Waals surface area contributed by atoms with Crippen molar-refractivity contribution in [1.82, 2.24) is 4.31 Å². The molecule has 2 amide bonds. The van der Waals surface area contributed by atoms with Crippen LogP contribution >= 0.6 is 0 Å². The molecule has 2 aromatic carbocycles. The molecule has 28 heavy (non-hydrogen) atoms. The summed E-state index contributed by atoms with van der Waals surface area (Å²) >= 11 is 0. The molecule has 1 aliphatic heterocycles. The van der Waals surface area contributed by atoms with Gasteiger partial charge in [-0.2, -0.15) is 4.31 Å². The van der Waals surface area contributed by atoms with Gasteiger partial charge < -0.3 is 11.1 Å². The normalized spacial score (nSPS) is 17.8. The van der Waals surface area contributed by atoms with E-state index < -0.39 is 21.8 Å². The summed E-state index contributed by atoms with van der Waals surface area (Å²) < 4.78 is 27.0. The number of nitrogens with one attached hydrogen (secondary N) is 1. The summed E-state index contributed by atoms with van der Waals surface area (Å²) in [5.74, 6) is -1.05. The number of nitrogens with two attached hydrogens (primary N) is 1. The van der Waals surface area contributed by atoms with E-state index in [0.717, 1.165) is 5.56 Å². The molecule has 0 saturated carbocycles. The number of piperidine rings is 1. The SMILES string of the molecule is NC(=O)Cc1ccc(NC(=O)C2CCCN(S(=O)(=O)c3ccccc3)C2)cc1. The van der Waals surface area contributed by atoms with Crippen molar-refractivity contribution >= 4 is 27.5 Å². The van der Waals surface area contributed by atoms with Gasteiger partial charge in [0.15, 0.2) is 0 Å². The Hall–Kier alpha value is -2.71. The van der Waals surface area contributed by atoms with E-state index in [2.05, 4.69) is 5.32 Å². The largest absolute Gasteiger partial charge is 0.369 e. The van der Waals surface area contributed by atoms with Crippen LogP contribution in [0.2, 0.25) is 0 Å². The lowest BCUT2D eigenvalue weighted by Crippen LogP contribution is -2.43. The molecule has 0 bridgehead atoms. The number of hydrogen-bond acceptors (Lipinski definition) is 4. The highest BCUT2D eigenvalue weighted by Gasteiger charge is 2.33. The third-order valence-electron chi connectivity index (χ3n) is 4.74. The van der Waals surface area contributed by atoms with Crippen molar-refractivity contribution in [2.75, 3.05) is 18.4 Å². The lowest BCUT2D eigenvalue weighted by molar-refractivity contribution is -0.121. The summed E-state index contributed by atoms with van der Waals surface area (Å²) in [7, 11) is -3.61. The molecule has 1 fully saturated rings. The second-order valence-electron chi connectivity index (χ2n) is 6.84. The average molecular weight is 401 g/mol. The first-order valence-electron chi connectivity index (χ1n) is 9.09. The first kappa shape index (κ1) is 20.0. The third kappa shape index (κ3) is 4.76. The summed E-state index contributed by atoms with van der Waals surface area (Å²) in [5.41, 5.74) is 6.53. The molecule has 1 aliphatic rings. The number of amides is 2. The number of carbonyl (C=O) groups is 2. The van der Waals surface area contributed by atoms with Gasteiger partial charge in [0.05, 0.1) is 17.2 Å². The molecule has 1 atom stereocenters. The van der Waals surface area contributed by atoms with Crippen LogP contribution in [0.4, 0.5) is 5.69 Å². The molecule has 0 radical (unpaired) electrons. The van der Waals surface area contributed by atoms with Gasteiger partial charge in [0.25, 0.3) is 0 Å². The van der Waals surface area contributed by atoms with Crippen molar-refractivity contribution in [3.05, 3.63) is 60.2 Å². The van der Waals surface area contributed by atoms with Crippen molar-refractivity contribution in [2.45, 2.75) is 24.2 Å². The summed E-state index contributed by atoms with van der Waals surface area (Å²) in [6.45, 7) is 0.561. The van der Waals surface area contributed by atoms with E-state index in [-0.39, 0.29) is 23.8 Å². The monoisotopic (exact) mass is 401 g/mol. The molecule has 2 aromatic rings. The zero-order valence-corrected chi connectivity index (χ0v) is 16.2. The van der Waals surface area contributed by atoms with Crippen molar-refractivity contribution < 1.29 is 18.0 Å². The number of hydrogen-bond donors (Lipinski definition) is 2. The van der Waals surface area contributed by atoms with Crippen LogP contribution in [0.3, 0.4) is 0 Å². The first-order chi connectivity index (χ1) is 13.4. The zero-order valence-electron chi connectivity index (χ0n) is 15.4. The molecule has 148 valence electrons. The quantitative estimate of drug-likeness (QED) is 0.768. The van der Waals surface area contributed by atoms with Gasteiger partial charge in [-0.15, -0.1) is 0 Å². The Morgan fingerprint density at radius 1 is 1.07 bits per heavy atom. The predicted molar refractivity (Wildman–Crippen MR) is 106 cm³/mol. The Morgan fingerprint density at radius 3 is 2.39 bits per heavy atom. The average Bonchev–Trinajstić information content (AvgIpc) is 2.70. The van der Waals surface area contributed by atoms with Gasteiger partial charge in [-0.05, 0) is 42.7 Å². The second-order valence-corrected chi connectivity index (χ2v) is 8.78. The van der Waals surface area contributed by atoms with E-state index in [4.69, 9.17) is 5.73 Å². The Labute approximate surface area is 164 Å². The highest BCUT2D eigenvalue weighted by Crippen LogP contribution is 2.24. The maximum absolute atomic E-state index is 12.8. The first-order valence-corrected chi connectivity index (χ1v) is 10.5. The lowest BCUT2D eigenvalue weighted by Gasteiger charge is -2.31. The molecule has 7 nitrogen and oxygen atoms in total. The Balaban J connectivity index is 1.65. The van der Waals surface area contributed by atoms with Gasteiger partial charge in [-0.1, -0.05) is 30.3 Å². The van der Waals surface area contributed by atoms with Crippen molar-refractivity contribution in [1.29, 1.82) is 0 Å². The standard InChI is InChI=1S/C20H23N3O4S/c21-19(24)13-15-8-10-17(11-9-15)22-20(25)16-5-4-12-23(14-16)28(26,27)18-6-2-1-3-7-18/h1-3,6-11,16H,4-5,12-14H2,(H2,21,24)(H,22,25). The lowest BCUT2D eigenvalue weighted by atomic mass is 9.98. The maximum Gasteiger partial charge on any atom is 0.243 e. The fraction of sp³-hybridized carbons (Fsp3) is 0.300. The smallest absolute Gasteiger partial charge is 0.243 e. The molecular weight excluding hydrogens is 378 g/mol. The molecule has 3 N–H and O–H groups in total. The van der Waals surface area contributed by atoms with Crippen LogP contribution in [-0.4, -0.2) is 37.6 Å². The minimum atomic E-state index is -3.61. The third-order valence-corrected chi connectivity index (χ3v) is 6.62. The van der Waals surface area contributed by atoms with Crippen molar-refractivity contribution in [3.8, 4) is 0 Å². The zero-order chi connectivity index (χ0) is 20.1. The fourth-order valence-corrected chi connectivity index (χ4v) is 4.81. The van der Waals surface area contributed by atoms with Crippen LogP contribution in [0.5, 0.6) is 0 Å². The van der Waals surface area contributed by atoms with Gasteiger partial charge in [0.1, 0.15) is 0 Å². The molecule has 1 heterocycles. The topological polar surface area (TPSA) is 110 Å². The summed E-state index contributed by atoms with van der Waals surface area (Å²) in [4.78, 5) is 23.8. The van der Waals surface area contributed by atoms with Gasteiger partial charge >= 0.3 is 0 Å². The van der Waals surface area contributed by atoms with Crippen LogP contribution in [0, 0.1) is 5.92 Å². The van der Waals surface area contributed by atoms with Crippen molar-refractivity contribution in [2.24, 2.45) is 11.7 Å². The Kier molecular flexibility index (Phi) is 6.11. The van der Waals surface area contributed by atoms with Gasteiger partial charge in [0.2, 0.25) is 21.8 Å². The highest BCUT2D eigenvalue weighted by atomic mass is 32.2. The molecule has 1 saturated heterocycles. The number of carbonyl (C=O) groups excluding carboxylic acids is 2. The summed E-state index contributed by atoms with van der Waals surface area (Å²) in [6, 6.07) is 15.1. The number of sulfonamides is 1. The molecule has 0 aliphatic carbocycles. The fourth-order valence-electron chi connectivity index (χ4n) is 3.27. The number of benzene rings is 2. The predicted octanol–water partition coefficient (Wildman–Crippen LogP) is 1.75. The molecule has 1 unspecified atom stereocenters. The van der Waals surface area contributed by atoms with E-state index in [1.54, 1.807) is 54.6 Å². The van der Waals surface area contributed by atoms with E-state index in [0.29, 0.717) is 25.1 Å². The summed E-state index contributed by atoms with van der Waals surface area (Å²) in [6.07, 6.45) is 1.40. The van der Waals surface area contributed by atoms with E-state index in [1.165, 1.54) is 4.31 Å².